The minimum Gasteiger partial charge on any atom is -0.351 e. The summed E-state index contributed by atoms with van der Waals surface area (Å²) in [5.41, 5.74) is 1.33. The van der Waals surface area contributed by atoms with Crippen LogP contribution in [-0.2, 0) is 11.2 Å². The van der Waals surface area contributed by atoms with Gasteiger partial charge in [0.25, 0.3) is 5.91 Å². The second kappa shape index (κ2) is 7.35. The SMILES string of the molecule is O=C(CCC(=O)c1ccccc1)Nc1nc2c(s1)C(=O)NCCC2. The first kappa shape index (κ1) is 16.3. The van der Waals surface area contributed by atoms with Crippen LogP contribution < -0.4 is 10.6 Å². The minimum absolute atomic E-state index is 0.0694. The molecule has 2 heterocycles. The Kier molecular flexibility index (Phi) is 5.00. The van der Waals surface area contributed by atoms with Gasteiger partial charge in [-0.15, -0.1) is 0 Å². The zero-order chi connectivity index (χ0) is 16.9. The number of aromatic nitrogens is 1. The van der Waals surface area contributed by atoms with Gasteiger partial charge in [0.05, 0.1) is 5.69 Å². The molecule has 0 atom stereocenters. The van der Waals surface area contributed by atoms with Crippen LogP contribution in [0.5, 0.6) is 0 Å². The Morgan fingerprint density at radius 3 is 2.79 bits per heavy atom. The number of aryl methyl sites for hydroxylation is 1. The number of thiazole rings is 1. The Hall–Kier alpha value is -2.54. The molecule has 1 aromatic carbocycles. The lowest BCUT2D eigenvalue weighted by Crippen LogP contribution is -2.21. The molecule has 0 spiro atoms. The highest BCUT2D eigenvalue weighted by molar-refractivity contribution is 7.17. The molecule has 1 aliphatic heterocycles. The van der Waals surface area contributed by atoms with Gasteiger partial charge in [0.15, 0.2) is 10.9 Å². The molecule has 2 aromatic rings. The number of ketones is 1. The number of carbonyl (C=O) groups is 3. The standard InChI is InChI=1S/C17H17N3O3S/c21-13(11-5-2-1-3-6-11)8-9-14(22)20-17-19-12-7-4-10-18-16(23)15(12)24-17/h1-3,5-6H,4,7-10H2,(H,18,23)(H,19,20,22). The van der Waals surface area contributed by atoms with Crippen molar-refractivity contribution in [3.63, 3.8) is 0 Å². The number of benzene rings is 1. The fraction of sp³-hybridized carbons (Fsp3) is 0.294. The van der Waals surface area contributed by atoms with Crippen molar-refractivity contribution in [3.8, 4) is 0 Å². The summed E-state index contributed by atoms with van der Waals surface area (Å²) in [5.74, 6) is -0.483. The van der Waals surface area contributed by atoms with Crippen molar-refractivity contribution in [1.29, 1.82) is 0 Å². The van der Waals surface area contributed by atoms with Crippen molar-refractivity contribution < 1.29 is 14.4 Å². The summed E-state index contributed by atoms with van der Waals surface area (Å²) in [7, 11) is 0. The molecule has 124 valence electrons. The predicted octanol–water partition coefficient (Wildman–Crippen LogP) is 2.42. The van der Waals surface area contributed by atoms with E-state index in [1.54, 1.807) is 24.3 Å². The summed E-state index contributed by atoms with van der Waals surface area (Å²) in [4.78, 5) is 40.8. The van der Waals surface area contributed by atoms with Crippen molar-refractivity contribution in [2.24, 2.45) is 0 Å². The van der Waals surface area contributed by atoms with E-state index in [1.165, 1.54) is 11.3 Å². The minimum atomic E-state index is -0.274. The molecule has 0 aliphatic carbocycles. The average molecular weight is 343 g/mol. The number of nitrogens with one attached hydrogen (secondary N) is 2. The van der Waals surface area contributed by atoms with Crippen molar-refractivity contribution >= 4 is 34.1 Å². The molecule has 6 nitrogen and oxygen atoms in total. The van der Waals surface area contributed by atoms with Gasteiger partial charge in [-0.3, -0.25) is 14.4 Å². The normalized spacial score (nSPS) is 13.6. The third-order valence-corrected chi connectivity index (χ3v) is 4.71. The van der Waals surface area contributed by atoms with Gasteiger partial charge in [-0.25, -0.2) is 4.98 Å². The largest absolute Gasteiger partial charge is 0.351 e. The molecule has 2 N–H and O–H groups in total. The Morgan fingerprint density at radius 1 is 1.21 bits per heavy atom. The van der Waals surface area contributed by atoms with Crippen molar-refractivity contribution in [1.82, 2.24) is 10.3 Å². The van der Waals surface area contributed by atoms with E-state index in [-0.39, 0.29) is 30.4 Å². The summed E-state index contributed by atoms with van der Waals surface area (Å²) in [6.07, 6.45) is 1.78. The van der Waals surface area contributed by atoms with Gasteiger partial charge in [0.1, 0.15) is 4.88 Å². The van der Waals surface area contributed by atoms with Crippen molar-refractivity contribution in [2.75, 3.05) is 11.9 Å². The second-order valence-corrected chi connectivity index (χ2v) is 6.49. The highest BCUT2D eigenvalue weighted by atomic mass is 32.1. The maximum Gasteiger partial charge on any atom is 0.263 e. The Balaban J connectivity index is 1.57. The number of hydrogen-bond acceptors (Lipinski definition) is 5. The first-order chi connectivity index (χ1) is 11.6. The quantitative estimate of drug-likeness (QED) is 0.816. The highest BCUT2D eigenvalue weighted by Crippen LogP contribution is 2.25. The maximum atomic E-state index is 12.0. The highest BCUT2D eigenvalue weighted by Gasteiger charge is 2.21. The molecule has 1 aliphatic rings. The second-order valence-electron chi connectivity index (χ2n) is 5.49. The van der Waals surface area contributed by atoms with Gasteiger partial charge in [-0.05, 0) is 12.8 Å². The van der Waals surface area contributed by atoms with E-state index < -0.39 is 0 Å². The number of amides is 2. The van der Waals surface area contributed by atoms with E-state index in [1.807, 2.05) is 6.07 Å². The third kappa shape index (κ3) is 3.86. The smallest absolute Gasteiger partial charge is 0.263 e. The first-order valence-electron chi connectivity index (χ1n) is 7.79. The molecule has 24 heavy (non-hydrogen) atoms. The van der Waals surface area contributed by atoms with E-state index in [2.05, 4.69) is 15.6 Å². The predicted molar refractivity (Wildman–Crippen MR) is 91.4 cm³/mol. The van der Waals surface area contributed by atoms with Crippen molar-refractivity contribution in [2.45, 2.75) is 25.7 Å². The number of Topliss-reactive ketones (excluding diaryl/α,β-unsaturated/α-hetero) is 1. The summed E-state index contributed by atoms with van der Waals surface area (Å²) >= 11 is 1.18. The monoisotopic (exact) mass is 343 g/mol. The summed E-state index contributed by atoms with van der Waals surface area (Å²) in [5, 5.41) is 5.89. The topological polar surface area (TPSA) is 88.2 Å². The van der Waals surface area contributed by atoms with Crippen LogP contribution in [0.1, 0.15) is 45.0 Å². The van der Waals surface area contributed by atoms with Crippen LogP contribution in [0.3, 0.4) is 0 Å². The fourth-order valence-corrected chi connectivity index (χ4v) is 3.41. The molecule has 2 amide bonds. The van der Waals surface area contributed by atoms with Crippen LogP contribution >= 0.6 is 11.3 Å². The van der Waals surface area contributed by atoms with E-state index in [0.717, 1.165) is 12.1 Å². The van der Waals surface area contributed by atoms with Gasteiger partial charge >= 0.3 is 0 Å². The number of anilines is 1. The Labute approximate surface area is 143 Å². The summed E-state index contributed by atoms with van der Waals surface area (Å²) in [6, 6.07) is 8.89. The zero-order valence-corrected chi connectivity index (χ0v) is 13.8. The first-order valence-corrected chi connectivity index (χ1v) is 8.61. The lowest BCUT2D eigenvalue weighted by atomic mass is 10.1. The van der Waals surface area contributed by atoms with Crippen molar-refractivity contribution in [3.05, 3.63) is 46.5 Å². The molecular weight excluding hydrogens is 326 g/mol. The Morgan fingerprint density at radius 2 is 2.00 bits per heavy atom. The molecular formula is C17H17N3O3S. The lowest BCUT2D eigenvalue weighted by Gasteiger charge is -2.02. The molecule has 7 heteroatoms. The van der Waals surface area contributed by atoms with Gasteiger partial charge < -0.3 is 10.6 Å². The molecule has 0 radical (unpaired) electrons. The lowest BCUT2D eigenvalue weighted by molar-refractivity contribution is -0.116. The van der Waals surface area contributed by atoms with Crippen LogP contribution in [-0.4, -0.2) is 29.1 Å². The molecule has 3 rings (SSSR count). The number of rotatable bonds is 5. The van der Waals surface area contributed by atoms with Crippen LogP contribution in [0.2, 0.25) is 0 Å². The van der Waals surface area contributed by atoms with E-state index >= 15 is 0 Å². The van der Waals surface area contributed by atoms with E-state index in [4.69, 9.17) is 0 Å². The molecule has 0 fully saturated rings. The average Bonchev–Trinajstić information content (AvgIpc) is 2.92. The van der Waals surface area contributed by atoms with Gasteiger partial charge in [-0.1, -0.05) is 41.7 Å². The Bertz CT molecular complexity index is 771. The van der Waals surface area contributed by atoms with Crippen LogP contribution in [0.4, 0.5) is 5.13 Å². The molecule has 1 aromatic heterocycles. The molecule has 0 saturated carbocycles. The van der Waals surface area contributed by atoms with Crippen LogP contribution in [0, 0.1) is 0 Å². The number of hydrogen-bond donors (Lipinski definition) is 2. The zero-order valence-electron chi connectivity index (χ0n) is 13.0. The molecule has 0 bridgehead atoms. The molecule has 0 unspecified atom stereocenters. The van der Waals surface area contributed by atoms with E-state index in [9.17, 15) is 14.4 Å². The summed E-state index contributed by atoms with van der Waals surface area (Å²) in [6.45, 7) is 0.644. The maximum absolute atomic E-state index is 12.0. The van der Waals surface area contributed by atoms with Crippen LogP contribution in [0.25, 0.3) is 0 Å². The van der Waals surface area contributed by atoms with Gasteiger partial charge in [-0.2, -0.15) is 0 Å². The van der Waals surface area contributed by atoms with E-state index in [0.29, 0.717) is 28.5 Å². The number of fused-ring (bicyclic) bond motifs is 1. The van der Waals surface area contributed by atoms with Gasteiger partial charge in [0.2, 0.25) is 5.91 Å². The number of carbonyl (C=O) groups excluding carboxylic acids is 3. The summed E-state index contributed by atoms with van der Waals surface area (Å²) < 4.78 is 0. The fourth-order valence-electron chi connectivity index (χ4n) is 2.47. The molecule has 0 saturated heterocycles. The van der Waals surface area contributed by atoms with Gasteiger partial charge in [0, 0.05) is 24.9 Å². The third-order valence-electron chi connectivity index (χ3n) is 3.70. The number of nitrogens with zero attached hydrogens (tertiary/aromatic N) is 1. The van der Waals surface area contributed by atoms with Crippen LogP contribution in [0.15, 0.2) is 30.3 Å².